The predicted octanol–water partition coefficient (Wildman–Crippen LogP) is 2.08. The van der Waals surface area contributed by atoms with E-state index >= 15 is 0 Å². The molecule has 30 heavy (non-hydrogen) atoms. The largest absolute Gasteiger partial charge is 0.493 e. The number of rotatable bonds is 9. The third kappa shape index (κ3) is 4.59. The fourth-order valence-corrected chi connectivity index (χ4v) is 3.39. The van der Waals surface area contributed by atoms with Crippen LogP contribution in [0.2, 0.25) is 0 Å². The summed E-state index contributed by atoms with van der Waals surface area (Å²) >= 11 is 0. The van der Waals surface area contributed by atoms with Crippen LogP contribution < -0.4 is 29.6 Å². The van der Waals surface area contributed by atoms with Gasteiger partial charge >= 0.3 is 0 Å². The summed E-state index contributed by atoms with van der Waals surface area (Å²) in [6.07, 6.45) is 0. The monoisotopic (exact) mass is 416 g/mol. The van der Waals surface area contributed by atoms with Crippen molar-refractivity contribution in [3.63, 3.8) is 0 Å². The van der Waals surface area contributed by atoms with Gasteiger partial charge in [-0.05, 0) is 35.4 Å². The van der Waals surface area contributed by atoms with Crippen molar-refractivity contribution in [2.75, 3.05) is 42.5 Å². The molecule has 0 fully saturated rings. The molecule has 2 aromatic rings. The zero-order valence-electron chi connectivity index (χ0n) is 18.1. The zero-order valence-corrected chi connectivity index (χ0v) is 18.1. The minimum atomic E-state index is -0.826. The first-order valence-corrected chi connectivity index (χ1v) is 9.32. The van der Waals surface area contributed by atoms with Crippen LogP contribution in [0.15, 0.2) is 36.4 Å². The highest BCUT2D eigenvalue weighted by Crippen LogP contribution is 2.40. The van der Waals surface area contributed by atoms with E-state index in [1.807, 2.05) is 0 Å². The summed E-state index contributed by atoms with van der Waals surface area (Å²) in [6, 6.07) is 10.3. The fourth-order valence-electron chi connectivity index (χ4n) is 3.39. The lowest BCUT2D eigenvalue weighted by Crippen LogP contribution is -2.37. The quantitative estimate of drug-likeness (QED) is 0.650. The summed E-state index contributed by atoms with van der Waals surface area (Å²) in [6.45, 7) is 0. The van der Waals surface area contributed by atoms with E-state index in [1.54, 1.807) is 36.4 Å². The predicted molar refractivity (Wildman–Crippen MR) is 113 cm³/mol. The van der Waals surface area contributed by atoms with E-state index in [0.717, 1.165) is 0 Å². The first-order chi connectivity index (χ1) is 14.4. The third-order valence-corrected chi connectivity index (χ3v) is 4.92. The molecule has 8 heteroatoms. The first kappa shape index (κ1) is 22.9. The Balaban J connectivity index is 2.68. The lowest BCUT2D eigenvalue weighted by Gasteiger charge is -2.26. The second-order valence-electron chi connectivity index (χ2n) is 6.41. The number of ether oxygens (including phenoxy) is 4. The van der Waals surface area contributed by atoms with Gasteiger partial charge in [0.15, 0.2) is 23.0 Å². The summed E-state index contributed by atoms with van der Waals surface area (Å²) in [4.78, 5) is 25.9. The van der Waals surface area contributed by atoms with Crippen LogP contribution in [0.4, 0.5) is 0 Å². The standard InChI is InChI=1S/C22H28N2O6/c1-23-21(25)19(13-7-9-15(27-3)17(11-13)29-5)20(22(26)24-2)14-8-10-16(28-4)18(12-14)30-6/h7-12,19-20H,1-6H3,(H,23,25)(H,24,26). The maximum Gasteiger partial charge on any atom is 0.228 e. The minimum Gasteiger partial charge on any atom is -0.493 e. The van der Waals surface area contributed by atoms with Crippen LogP contribution in [-0.4, -0.2) is 54.3 Å². The molecule has 0 saturated carbocycles. The number of hydrogen-bond acceptors (Lipinski definition) is 6. The van der Waals surface area contributed by atoms with Gasteiger partial charge in [0.2, 0.25) is 11.8 Å². The summed E-state index contributed by atoms with van der Waals surface area (Å²) < 4.78 is 21.4. The molecule has 2 amide bonds. The normalized spacial score (nSPS) is 12.3. The highest BCUT2D eigenvalue weighted by atomic mass is 16.5. The third-order valence-electron chi connectivity index (χ3n) is 4.92. The Morgan fingerprint density at radius 2 is 0.967 bits per heavy atom. The first-order valence-electron chi connectivity index (χ1n) is 9.32. The van der Waals surface area contributed by atoms with Crippen LogP contribution in [0.5, 0.6) is 23.0 Å². The minimum absolute atomic E-state index is 0.314. The highest BCUT2D eigenvalue weighted by Gasteiger charge is 2.36. The van der Waals surface area contributed by atoms with Gasteiger partial charge < -0.3 is 29.6 Å². The lowest BCUT2D eigenvalue weighted by atomic mass is 9.79. The van der Waals surface area contributed by atoms with E-state index in [0.29, 0.717) is 34.1 Å². The highest BCUT2D eigenvalue weighted by molar-refractivity contribution is 5.94. The van der Waals surface area contributed by atoms with Crippen LogP contribution in [0.25, 0.3) is 0 Å². The SMILES string of the molecule is CNC(=O)C(c1ccc(OC)c(OC)c1)C(C(=O)NC)c1ccc(OC)c(OC)c1. The molecule has 0 radical (unpaired) electrons. The van der Waals surface area contributed by atoms with E-state index in [-0.39, 0.29) is 11.8 Å². The van der Waals surface area contributed by atoms with Crippen molar-refractivity contribution in [1.29, 1.82) is 0 Å². The Bertz CT molecular complexity index is 826. The average Bonchev–Trinajstić information content (AvgIpc) is 2.80. The van der Waals surface area contributed by atoms with E-state index in [9.17, 15) is 9.59 Å². The Labute approximate surface area is 176 Å². The Kier molecular flexibility index (Phi) is 7.91. The number of methoxy groups -OCH3 is 4. The molecular formula is C22H28N2O6. The molecule has 0 aliphatic carbocycles. The molecule has 2 unspecified atom stereocenters. The molecule has 0 heterocycles. The van der Waals surface area contributed by atoms with Gasteiger partial charge in [0.25, 0.3) is 0 Å². The van der Waals surface area contributed by atoms with Crippen molar-refractivity contribution < 1.29 is 28.5 Å². The molecule has 0 aliphatic rings. The van der Waals surface area contributed by atoms with Crippen molar-refractivity contribution in [2.24, 2.45) is 0 Å². The van der Waals surface area contributed by atoms with Crippen LogP contribution in [0, 0.1) is 0 Å². The van der Waals surface area contributed by atoms with Gasteiger partial charge in [-0.1, -0.05) is 12.1 Å². The molecular weight excluding hydrogens is 388 g/mol. The molecule has 2 atom stereocenters. The van der Waals surface area contributed by atoms with Crippen molar-refractivity contribution in [2.45, 2.75) is 11.8 Å². The Morgan fingerprint density at radius 3 is 1.23 bits per heavy atom. The van der Waals surface area contributed by atoms with Gasteiger partial charge in [-0.15, -0.1) is 0 Å². The van der Waals surface area contributed by atoms with Gasteiger partial charge in [-0.3, -0.25) is 9.59 Å². The van der Waals surface area contributed by atoms with E-state index < -0.39 is 11.8 Å². The number of hydrogen-bond donors (Lipinski definition) is 2. The molecule has 2 aromatic carbocycles. The van der Waals surface area contributed by atoms with Crippen molar-refractivity contribution >= 4 is 11.8 Å². The van der Waals surface area contributed by atoms with Gasteiger partial charge in [-0.25, -0.2) is 0 Å². The number of benzene rings is 2. The van der Waals surface area contributed by atoms with Crippen LogP contribution in [0.3, 0.4) is 0 Å². The summed E-state index contributed by atoms with van der Waals surface area (Å²) in [5.41, 5.74) is 1.21. The van der Waals surface area contributed by atoms with E-state index in [1.165, 1.54) is 42.5 Å². The van der Waals surface area contributed by atoms with Gasteiger partial charge in [-0.2, -0.15) is 0 Å². The molecule has 0 saturated heterocycles. The number of nitrogens with one attached hydrogen (secondary N) is 2. The number of amides is 2. The van der Waals surface area contributed by atoms with Crippen LogP contribution in [-0.2, 0) is 9.59 Å². The van der Waals surface area contributed by atoms with Crippen LogP contribution in [0.1, 0.15) is 23.0 Å². The zero-order chi connectivity index (χ0) is 22.3. The molecule has 2 rings (SSSR count). The van der Waals surface area contributed by atoms with Crippen molar-refractivity contribution in [1.82, 2.24) is 10.6 Å². The molecule has 0 bridgehead atoms. The number of likely N-dealkylation sites (N-methyl/N-ethyl adjacent to an activating group) is 2. The smallest absolute Gasteiger partial charge is 0.228 e. The van der Waals surface area contributed by atoms with E-state index in [4.69, 9.17) is 18.9 Å². The molecule has 2 N–H and O–H groups in total. The molecule has 162 valence electrons. The maximum absolute atomic E-state index is 13.0. The molecule has 8 nitrogen and oxygen atoms in total. The van der Waals surface area contributed by atoms with Gasteiger partial charge in [0.05, 0.1) is 40.3 Å². The summed E-state index contributed by atoms with van der Waals surface area (Å²) in [5.74, 6) is -0.297. The van der Waals surface area contributed by atoms with Gasteiger partial charge in [0.1, 0.15) is 0 Å². The second-order valence-corrected chi connectivity index (χ2v) is 6.41. The average molecular weight is 416 g/mol. The van der Waals surface area contributed by atoms with Gasteiger partial charge in [0, 0.05) is 14.1 Å². The maximum atomic E-state index is 13.0. The summed E-state index contributed by atoms with van der Waals surface area (Å²) in [5, 5.41) is 5.33. The lowest BCUT2D eigenvalue weighted by molar-refractivity contribution is -0.128. The molecule has 0 aromatic heterocycles. The molecule has 0 spiro atoms. The van der Waals surface area contributed by atoms with Crippen LogP contribution >= 0.6 is 0 Å². The van der Waals surface area contributed by atoms with Crippen molar-refractivity contribution in [3.05, 3.63) is 47.5 Å². The number of carbonyl (C=O) groups excluding carboxylic acids is 2. The molecule has 0 aliphatic heterocycles. The second kappa shape index (κ2) is 10.4. The Hall–Kier alpha value is -3.42. The fraction of sp³-hybridized carbons (Fsp3) is 0.364. The van der Waals surface area contributed by atoms with Crippen molar-refractivity contribution in [3.8, 4) is 23.0 Å². The summed E-state index contributed by atoms with van der Waals surface area (Å²) in [7, 11) is 9.16. The topological polar surface area (TPSA) is 95.1 Å². The number of carbonyl (C=O) groups is 2. The van der Waals surface area contributed by atoms with E-state index in [2.05, 4.69) is 10.6 Å². The Morgan fingerprint density at radius 1 is 0.633 bits per heavy atom.